The molecule has 1 fully saturated rings. The Kier molecular flexibility index (Phi) is 7.09. The number of sulfonamides is 1. The van der Waals surface area contributed by atoms with E-state index in [4.69, 9.17) is 5.11 Å². The van der Waals surface area contributed by atoms with E-state index in [2.05, 4.69) is 10.6 Å². The molecule has 10 heteroatoms. The van der Waals surface area contributed by atoms with Gasteiger partial charge in [-0.25, -0.2) is 22.3 Å². The van der Waals surface area contributed by atoms with Crippen LogP contribution >= 0.6 is 11.8 Å². The Labute approximate surface area is 151 Å². The van der Waals surface area contributed by atoms with Gasteiger partial charge in [0, 0.05) is 37.7 Å². The lowest BCUT2D eigenvalue weighted by Gasteiger charge is -2.25. The lowest BCUT2D eigenvalue weighted by molar-refractivity contribution is 0.0697. The van der Waals surface area contributed by atoms with Crippen LogP contribution in [0.4, 0.5) is 4.79 Å². The second kappa shape index (κ2) is 9.07. The number of benzene rings is 1. The molecule has 0 unspecified atom stereocenters. The monoisotopic (exact) mass is 387 g/mol. The average molecular weight is 387 g/mol. The van der Waals surface area contributed by atoms with E-state index >= 15 is 0 Å². The van der Waals surface area contributed by atoms with Crippen molar-refractivity contribution in [2.45, 2.75) is 6.54 Å². The van der Waals surface area contributed by atoms with Gasteiger partial charge in [0.05, 0.1) is 11.3 Å². The molecular formula is C15H21N3O5S2. The van der Waals surface area contributed by atoms with E-state index < -0.39 is 22.0 Å². The molecule has 25 heavy (non-hydrogen) atoms. The number of carbonyl (C=O) groups is 2. The van der Waals surface area contributed by atoms with E-state index in [0.717, 1.165) is 17.1 Å². The Balaban J connectivity index is 1.70. The highest BCUT2D eigenvalue weighted by Crippen LogP contribution is 2.13. The number of rotatable bonds is 7. The molecule has 1 aromatic rings. The lowest BCUT2D eigenvalue weighted by atomic mass is 10.1. The third kappa shape index (κ3) is 6.22. The number of carboxylic acids is 1. The molecular weight excluding hydrogens is 366 g/mol. The maximum absolute atomic E-state index is 12.1. The van der Waals surface area contributed by atoms with Gasteiger partial charge in [-0.05, 0) is 17.7 Å². The molecule has 0 saturated carbocycles. The van der Waals surface area contributed by atoms with Crippen molar-refractivity contribution in [1.29, 1.82) is 0 Å². The number of carboxylic acid groups (broad SMARTS) is 1. The molecule has 1 saturated heterocycles. The first-order chi connectivity index (χ1) is 11.9. The lowest BCUT2D eigenvalue weighted by Crippen LogP contribution is -2.43. The van der Waals surface area contributed by atoms with Crippen LogP contribution in [0.1, 0.15) is 15.9 Å². The summed E-state index contributed by atoms with van der Waals surface area (Å²) in [6.45, 7) is 1.30. The van der Waals surface area contributed by atoms with Gasteiger partial charge in [-0.15, -0.1) is 0 Å². The number of nitrogens with one attached hydrogen (secondary N) is 2. The van der Waals surface area contributed by atoms with Crippen molar-refractivity contribution in [3.8, 4) is 0 Å². The molecule has 0 aliphatic carbocycles. The fourth-order valence-corrected chi connectivity index (χ4v) is 4.75. The van der Waals surface area contributed by atoms with Crippen molar-refractivity contribution < 1.29 is 23.1 Å². The second-order valence-electron chi connectivity index (χ2n) is 5.44. The number of amides is 2. The first-order valence-corrected chi connectivity index (χ1v) is 10.5. The molecule has 138 valence electrons. The summed E-state index contributed by atoms with van der Waals surface area (Å²) in [6, 6.07) is 5.68. The molecule has 2 rings (SSSR count). The highest BCUT2D eigenvalue weighted by atomic mass is 32.2. The van der Waals surface area contributed by atoms with Crippen LogP contribution < -0.4 is 10.6 Å². The molecule has 0 bridgehead atoms. The highest BCUT2D eigenvalue weighted by Gasteiger charge is 2.23. The van der Waals surface area contributed by atoms with E-state index in [0.29, 0.717) is 13.1 Å². The zero-order chi connectivity index (χ0) is 18.3. The molecule has 2 amide bonds. The largest absolute Gasteiger partial charge is 0.478 e. The van der Waals surface area contributed by atoms with Gasteiger partial charge in [-0.2, -0.15) is 11.8 Å². The first kappa shape index (κ1) is 19.5. The van der Waals surface area contributed by atoms with Gasteiger partial charge in [0.2, 0.25) is 10.0 Å². The van der Waals surface area contributed by atoms with Crippen LogP contribution in [0.2, 0.25) is 0 Å². The average Bonchev–Trinajstić information content (AvgIpc) is 2.61. The summed E-state index contributed by atoms with van der Waals surface area (Å²) in [5.41, 5.74) is 0.924. The normalized spacial score (nSPS) is 15.5. The van der Waals surface area contributed by atoms with E-state index in [1.807, 2.05) is 0 Å². The first-order valence-electron chi connectivity index (χ1n) is 7.78. The van der Waals surface area contributed by atoms with Crippen molar-refractivity contribution in [3.05, 3.63) is 35.4 Å². The Morgan fingerprint density at radius 2 is 1.76 bits per heavy atom. The molecule has 0 aromatic heterocycles. The third-order valence-corrected chi connectivity index (χ3v) is 6.48. The number of thioether (sulfide) groups is 1. The molecule has 8 nitrogen and oxygen atoms in total. The maximum Gasteiger partial charge on any atom is 0.335 e. The Bertz CT molecular complexity index is 700. The SMILES string of the molecule is O=C(NCCS(=O)(=O)N1CCSCC1)NCc1ccc(C(=O)O)cc1. The van der Waals surface area contributed by atoms with Gasteiger partial charge >= 0.3 is 12.0 Å². The van der Waals surface area contributed by atoms with Crippen molar-refractivity contribution in [1.82, 2.24) is 14.9 Å². The van der Waals surface area contributed by atoms with E-state index in [-0.39, 0.29) is 24.4 Å². The van der Waals surface area contributed by atoms with Crippen molar-refractivity contribution in [2.75, 3.05) is 36.9 Å². The predicted octanol–water partition coefficient (Wildman–Crippen LogP) is 0.563. The zero-order valence-corrected chi connectivity index (χ0v) is 15.2. The van der Waals surface area contributed by atoms with Gasteiger partial charge in [-0.1, -0.05) is 12.1 Å². The van der Waals surface area contributed by atoms with Crippen molar-refractivity contribution in [3.63, 3.8) is 0 Å². The summed E-state index contributed by atoms with van der Waals surface area (Å²) in [6.07, 6.45) is 0. The molecule has 1 aromatic carbocycles. The molecule has 0 spiro atoms. The predicted molar refractivity (Wildman–Crippen MR) is 96.3 cm³/mol. The number of hydrogen-bond donors (Lipinski definition) is 3. The van der Waals surface area contributed by atoms with Crippen LogP contribution in [0, 0.1) is 0 Å². The number of nitrogens with zero attached hydrogens (tertiary/aromatic N) is 1. The summed E-state index contributed by atoms with van der Waals surface area (Å²) >= 11 is 1.73. The molecule has 1 aliphatic heterocycles. The molecule has 1 heterocycles. The van der Waals surface area contributed by atoms with Gasteiger partial charge in [0.1, 0.15) is 0 Å². The van der Waals surface area contributed by atoms with Gasteiger partial charge in [-0.3, -0.25) is 0 Å². The minimum absolute atomic E-state index is 0.0375. The Hall–Kier alpha value is -1.78. The molecule has 1 aliphatic rings. The smallest absolute Gasteiger partial charge is 0.335 e. The topological polar surface area (TPSA) is 116 Å². The maximum atomic E-state index is 12.1. The van der Waals surface area contributed by atoms with Gasteiger partial charge in [0.15, 0.2) is 0 Å². The van der Waals surface area contributed by atoms with Crippen LogP contribution in [0.3, 0.4) is 0 Å². The van der Waals surface area contributed by atoms with Crippen LogP contribution in [0.25, 0.3) is 0 Å². The Morgan fingerprint density at radius 1 is 1.12 bits per heavy atom. The van der Waals surface area contributed by atoms with Crippen molar-refractivity contribution >= 4 is 33.8 Å². The number of carbonyl (C=O) groups excluding carboxylic acids is 1. The zero-order valence-electron chi connectivity index (χ0n) is 13.6. The van der Waals surface area contributed by atoms with E-state index in [9.17, 15) is 18.0 Å². The summed E-state index contributed by atoms with van der Waals surface area (Å²) in [4.78, 5) is 22.5. The molecule has 3 N–H and O–H groups in total. The second-order valence-corrected chi connectivity index (χ2v) is 8.75. The standard InChI is InChI=1S/C15H21N3O5S2/c19-14(20)13-3-1-12(2-4-13)11-17-15(21)16-5-10-25(22,23)18-6-8-24-9-7-18/h1-4H,5-11H2,(H,19,20)(H2,16,17,21). The van der Waals surface area contributed by atoms with Gasteiger partial charge < -0.3 is 15.7 Å². The minimum atomic E-state index is -3.34. The van der Waals surface area contributed by atoms with E-state index in [1.54, 1.807) is 23.9 Å². The van der Waals surface area contributed by atoms with E-state index in [1.165, 1.54) is 16.4 Å². The number of urea groups is 1. The molecule has 0 atom stereocenters. The Morgan fingerprint density at radius 3 is 2.36 bits per heavy atom. The number of aromatic carboxylic acids is 1. The van der Waals surface area contributed by atoms with Crippen LogP contribution in [0.15, 0.2) is 24.3 Å². The summed E-state index contributed by atoms with van der Waals surface area (Å²) in [5.74, 6) is 0.464. The fourth-order valence-electron chi connectivity index (χ4n) is 2.26. The highest BCUT2D eigenvalue weighted by molar-refractivity contribution is 7.99. The van der Waals surface area contributed by atoms with Gasteiger partial charge in [0.25, 0.3) is 0 Å². The van der Waals surface area contributed by atoms with Crippen molar-refractivity contribution in [2.24, 2.45) is 0 Å². The minimum Gasteiger partial charge on any atom is -0.478 e. The van der Waals surface area contributed by atoms with Crippen LogP contribution in [-0.2, 0) is 16.6 Å². The summed E-state index contributed by atoms with van der Waals surface area (Å²) < 4.78 is 25.7. The van der Waals surface area contributed by atoms with Crippen LogP contribution in [0.5, 0.6) is 0 Å². The molecule has 0 radical (unpaired) electrons. The third-order valence-electron chi connectivity index (χ3n) is 3.66. The quantitative estimate of drug-likeness (QED) is 0.630. The summed E-state index contributed by atoms with van der Waals surface area (Å²) in [5, 5.41) is 13.9. The fraction of sp³-hybridized carbons (Fsp3) is 0.467. The summed E-state index contributed by atoms with van der Waals surface area (Å²) in [7, 11) is -3.34. The number of hydrogen-bond acceptors (Lipinski definition) is 5. The van der Waals surface area contributed by atoms with Crippen LogP contribution in [-0.4, -0.2) is 66.7 Å².